The van der Waals surface area contributed by atoms with Gasteiger partial charge in [0.05, 0.1) is 59.1 Å². The molecule has 1 saturated heterocycles. The number of hydrogen-bond donors (Lipinski definition) is 0. The average molecular weight is 787 g/mol. The number of aromatic nitrogens is 2. The molecule has 0 radical (unpaired) electrons. The van der Waals surface area contributed by atoms with Gasteiger partial charge < -0.3 is 14.2 Å². The van der Waals surface area contributed by atoms with Gasteiger partial charge in [-0.25, -0.2) is 22.5 Å². The highest BCUT2D eigenvalue weighted by Crippen LogP contribution is 2.56. The van der Waals surface area contributed by atoms with Gasteiger partial charge in [-0.2, -0.15) is 28.1 Å². The fourth-order valence-corrected chi connectivity index (χ4v) is 5.27. The molecule has 4 aromatic carbocycles. The number of pyridine rings is 2. The van der Waals surface area contributed by atoms with Crippen molar-refractivity contribution in [3.8, 4) is 35.1 Å². The molecule has 286 valence electrons. The van der Waals surface area contributed by atoms with Crippen LogP contribution in [0.4, 0.5) is 35.1 Å². The topological polar surface area (TPSA) is 121 Å². The van der Waals surface area contributed by atoms with Crippen molar-refractivity contribution in [1.29, 1.82) is 10.5 Å². The second-order valence-corrected chi connectivity index (χ2v) is 12.1. The Balaban J connectivity index is 0.000000193. The van der Waals surface area contributed by atoms with Crippen LogP contribution >= 0.6 is 0 Å². The van der Waals surface area contributed by atoms with Gasteiger partial charge >= 0.3 is 11.8 Å². The van der Waals surface area contributed by atoms with Crippen LogP contribution in [0.15, 0.2) is 122 Å². The maximum atomic E-state index is 15.0. The van der Waals surface area contributed by atoms with Gasteiger partial charge in [-0.3, -0.25) is 9.78 Å². The molecule has 8 nitrogen and oxygen atoms in total. The lowest BCUT2D eigenvalue weighted by Crippen LogP contribution is -2.34. The number of nitrogens with zero attached hydrogens (tertiary/aromatic N) is 4. The summed E-state index contributed by atoms with van der Waals surface area (Å²) in [7, 11) is 0. The Labute approximate surface area is 317 Å². The first-order valence-electron chi connectivity index (χ1n) is 16.3. The molecule has 1 aliphatic heterocycles. The number of Topliss-reactive ketones (excluding diaryl/α,β-unsaturated/α-hetero) is 1. The summed E-state index contributed by atoms with van der Waals surface area (Å²) < 4.78 is 128. The molecule has 1 fully saturated rings. The third kappa shape index (κ3) is 8.41. The highest BCUT2D eigenvalue weighted by atomic mass is 19.3. The number of carbonyl (C=O) groups is 1. The van der Waals surface area contributed by atoms with Gasteiger partial charge in [-0.1, -0.05) is 0 Å². The number of hydrogen-bond acceptors (Lipinski definition) is 8. The standard InChI is InChI=1S/C21H12F4N2O2.C20H10F4N2O2/c22-14-3-7-17(18(23)9-14)21(24,25)20(12-28-20)19-8-6-16(11-27-19)29-15-4-1-13(10-26)2-5-15;21-13-3-7-16(17(22)9-13)20(23,24)19(27)18-8-6-15(11-26-18)28-14-4-1-12(10-25)2-5-14/h1-9,11H,12H2;1-9,11H. The van der Waals surface area contributed by atoms with Crippen LogP contribution in [0.1, 0.15) is 38.4 Å². The first kappa shape index (κ1) is 39.5. The van der Waals surface area contributed by atoms with Crippen LogP contribution in [0.5, 0.6) is 23.0 Å². The van der Waals surface area contributed by atoms with Crippen LogP contribution in [0.3, 0.4) is 0 Å². The molecule has 2 aromatic heterocycles. The monoisotopic (exact) mass is 786 g/mol. The molecule has 1 aliphatic rings. The van der Waals surface area contributed by atoms with Crippen molar-refractivity contribution in [2.45, 2.75) is 17.4 Å². The van der Waals surface area contributed by atoms with E-state index in [2.05, 4.69) is 9.97 Å². The number of rotatable bonds is 10. The van der Waals surface area contributed by atoms with Crippen molar-refractivity contribution in [2.24, 2.45) is 0 Å². The molecule has 0 amide bonds. The van der Waals surface area contributed by atoms with Crippen molar-refractivity contribution in [3.63, 3.8) is 0 Å². The average Bonchev–Trinajstić information content (AvgIpc) is 4.02. The third-order valence-corrected chi connectivity index (χ3v) is 8.32. The molecule has 1 unspecified atom stereocenters. The first-order valence-corrected chi connectivity index (χ1v) is 16.3. The van der Waals surface area contributed by atoms with Gasteiger partial charge in [0.1, 0.15) is 52.0 Å². The zero-order valence-corrected chi connectivity index (χ0v) is 28.7. The predicted molar refractivity (Wildman–Crippen MR) is 183 cm³/mol. The van der Waals surface area contributed by atoms with Crippen LogP contribution in [0.25, 0.3) is 0 Å². The number of nitriles is 2. The molecular formula is C41H22F8N4O4. The van der Waals surface area contributed by atoms with E-state index < -0.39 is 63.3 Å². The molecule has 7 rings (SSSR count). The molecule has 0 spiro atoms. The summed E-state index contributed by atoms with van der Waals surface area (Å²) in [6, 6.07) is 24.7. The largest absolute Gasteiger partial charge is 0.456 e. The summed E-state index contributed by atoms with van der Waals surface area (Å²) in [4.78, 5) is 19.7. The van der Waals surface area contributed by atoms with Gasteiger partial charge in [0, 0.05) is 12.1 Å². The predicted octanol–water partition coefficient (Wildman–Crippen LogP) is 10.0. The molecule has 16 heteroatoms. The lowest BCUT2D eigenvalue weighted by atomic mass is 9.91. The van der Waals surface area contributed by atoms with Crippen LogP contribution in [0.2, 0.25) is 0 Å². The van der Waals surface area contributed by atoms with E-state index in [0.29, 0.717) is 46.9 Å². The zero-order valence-electron chi connectivity index (χ0n) is 28.7. The molecule has 0 N–H and O–H groups in total. The third-order valence-electron chi connectivity index (χ3n) is 8.32. The molecule has 3 heterocycles. The number of halogens is 8. The molecule has 0 aliphatic carbocycles. The Morgan fingerprint density at radius 2 is 1.09 bits per heavy atom. The number of carbonyl (C=O) groups excluding carboxylic acids is 1. The highest BCUT2D eigenvalue weighted by Gasteiger charge is 2.68. The zero-order chi connectivity index (χ0) is 41.0. The van der Waals surface area contributed by atoms with Crippen molar-refractivity contribution in [3.05, 3.63) is 178 Å². The van der Waals surface area contributed by atoms with Gasteiger partial charge in [0.25, 0.3) is 5.78 Å². The second-order valence-electron chi connectivity index (χ2n) is 12.1. The van der Waals surface area contributed by atoms with E-state index in [0.717, 1.165) is 18.3 Å². The summed E-state index contributed by atoms with van der Waals surface area (Å²) in [5, 5.41) is 17.5. The summed E-state index contributed by atoms with van der Waals surface area (Å²) >= 11 is 0. The maximum absolute atomic E-state index is 15.0. The van der Waals surface area contributed by atoms with Crippen molar-refractivity contribution in [1.82, 2.24) is 9.97 Å². The van der Waals surface area contributed by atoms with E-state index in [4.69, 9.17) is 24.7 Å². The van der Waals surface area contributed by atoms with E-state index in [9.17, 15) is 31.1 Å². The smallest absolute Gasteiger partial charge is 0.339 e. The van der Waals surface area contributed by atoms with Gasteiger partial charge in [0.15, 0.2) is 0 Å². The fourth-order valence-electron chi connectivity index (χ4n) is 5.27. The Bertz CT molecular complexity index is 2500. The number of epoxide rings is 1. The Morgan fingerprint density at radius 1 is 0.632 bits per heavy atom. The molecule has 6 aromatic rings. The Morgan fingerprint density at radius 3 is 1.49 bits per heavy atom. The van der Waals surface area contributed by atoms with E-state index in [1.165, 1.54) is 48.7 Å². The summed E-state index contributed by atoms with van der Waals surface area (Å²) in [5.41, 5.74) is -4.14. The molecule has 0 bridgehead atoms. The second kappa shape index (κ2) is 15.9. The van der Waals surface area contributed by atoms with Crippen LogP contribution in [0, 0.1) is 45.9 Å². The van der Waals surface area contributed by atoms with E-state index >= 15 is 8.78 Å². The van der Waals surface area contributed by atoms with Crippen LogP contribution < -0.4 is 9.47 Å². The molecule has 0 saturated carbocycles. The minimum absolute atomic E-state index is 0.0987. The van der Waals surface area contributed by atoms with Crippen molar-refractivity contribution >= 4 is 5.78 Å². The summed E-state index contributed by atoms with van der Waals surface area (Å²) in [6.07, 6.45) is 2.30. The highest BCUT2D eigenvalue weighted by molar-refractivity contribution is 6.00. The van der Waals surface area contributed by atoms with Gasteiger partial charge in [-0.05, 0) is 97.1 Å². The van der Waals surface area contributed by atoms with E-state index in [1.54, 1.807) is 24.3 Å². The first-order chi connectivity index (χ1) is 27.2. The molecule has 1 atom stereocenters. The minimum Gasteiger partial charge on any atom is -0.456 e. The maximum Gasteiger partial charge on any atom is 0.339 e. The van der Waals surface area contributed by atoms with Crippen LogP contribution in [-0.4, -0.2) is 22.4 Å². The number of alkyl halides is 4. The quantitative estimate of drug-likeness (QED) is 0.0765. The lowest BCUT2D eigenvalue weighted by Gasteiger charge is -2.24. The number of benzene rings is 4. The normalized spacial score (nSPS) is 14.6. The number of ether oxygens (including phenoxy) is 3. The summed E-state index contributed by atoms with van der Waals surface area (Å²) in [6.45, 7) is -0.361. The lowest BCUT2D eigenvalue weighted by molar-refractivity contribution is -0.0896. The number of ketones is 1. The van der Waals surface area contributed by atoms with Crippen molar-refractivity contribution in [2.75, 3.05) is 6.61 Å². The summed E-state index contributed by atoms with van der Waals surface area (Å²) in [5.74, 6) is -13.3. The SMILES string of the molecule is N#Cc1ccc(Oc2ccc(C(=O)C(F)(F)c3ccc(F)cc3F)nc2)cc1.N#Cc1ccc(Oc2ccc(C3(C(F)(F)c4ccc(F)cc4F)CO3)nc2)cc1. The molecular weight excluding hydrogens is 764 g/mol. The Hall–Kier alpha value is -7.17. The van der Waals surface area contributed by atoms with E-state index in [1.807, 2.05) is 12.1 Å². The van der Waals surface area contributed by atoms with Crippen molar-refractivity contribution < 1.29 is 54.1 Å². The fraction of sp³-hybridized carbons (Fsp3) is 0.0976. The van der Waals surface area contributed by atoms with Crippen LogP contribution in [-0.2, 0) is 22.2 Å². The van der Waals surface area contributed by atoms with Gasteiger partial charge in [-0.15, -0.1) is 0 Å². The minimum atomic E-state index is -4.22. The van der Waals surface area contributed by atoms with Gasteiger partial charge in [0.2, 0.25) is 5.60 Å². The van der Waals surface area contributed by atoms with E-state index in [-0.39, 0.29) is 29.9 Å². The Kier molecular flexibility index (Phi) is 11.0. The molecule has 57 heavy (non-hydrogen) atoms.